The molecule has 0 spiro atoms. The summed E-state index contributed by atoms with van der Waals surface area (Å²) in [6.07, 6.45) is 1.62. The summed E-state index contributed by atoms with van der Waals surface area (Å²) in [5.74, 6) is 0.797. The third-order valence-electron chi connectivity index (χ3n) is 3.91. The number of fused-ring (bicyclic) bond motifs is 1. The lowest BCUT2D eigenvalue weighted by Gasteiger charge is -2.09. The largest absolute Gasteiger partial charge is 0.350 e. The van der Waals surface area contributed by atoms with Gasteiger partial charge in [0.25, 0.3) is 5.91 Å². The standard InChI is InChI=1S/C18H19N3O2S/c1-13-20-16-5-3-4-6-17(16)21(13)12-11-19-18(22)14-7-9-15(10-8-14)24(2)23/h3-10H,11-12H2,1-2H3,(H,19,22)/t24-/m0/s1. The van der Waals surface area contributed by atoms with Crippen LogP contribution in [0.15, 0.2) is 53.4 Å². The Morgan fingerprint density at radius 2 is 1.88 bits per heavy atom. The Morgan fingerprint density at radius 3 is 2.58 bits per heavy atom. The van der Waals surface area contributed by atoms with E-state index in [0.29, 0.717) is 23.5 Å². The second kappa shape index (κ2) is 6.97. The molecule has 0 bridgehead atoms. The molecule has 1 amide bonds. The summed E-state index contributed by atoms with van der Waals surface area (Å²) >= 11 is 0. The highest BCUT2D eigenvalue weighted by atomic mass is 32.2. The van der Waals surface area contributed by atoms with Crippen LogP contribution in [0.2, 0.25) is 0 Å². The van der Waals surface area contributed by atoms with Crippen molar-refractivity contribution in [1.29, 1.82) is 0 Å². The molecule has 5 nitrogen and oxygen atoms in total. The first-order valence-electron chi connectivity index (χ1n) is 7.70. The number of amides is 1. The minimum absolute atomic E-state index is 0.134. The minimum Gasteiger partial charge on any atom is -0.350 e. The van der Waals surface area contributed by atoms with Gasteiger partial charge in [0.15, 0.2) is 0 Å². The molecule has 0 aliphatic heterocycles. The first-order chi connectivity index (χ1) is 11.6. The van der Waals surface area contributed by atoms with Gasteiger partial charge in [-0.2, -0.15) is 0 Å². The first-order valence-corrected chi connectivity index (χ1v) is 9.25. The van der Waals surface area contributed by atoms with Crippen LogP contribution >= 0.6 is 0 Å². The van der Waals surface area contributed by atoms with E-state index < -0.39 is 10.8 Å². The van der Waals surface area contributed by atoms with E-state index in [4.69, 9.17) is 0 Å². The molecule has 0 saturated heterocycles. The van der Waals surface area contributed by atoms with E-state index >= 15 is 0 Å². The first kappa shape index (κ1) is 16.4. The van der Waals surface area contributed by atoms with Gasteiger partial charge in [-0.3, -0.25) is 9.00 Å². The average Bonchev–Trinajstić information content (AvgIpc) is 2.90. The van der Waals surface area contributed by atoms with Crippen LogP contribution in [-0.4, -0.2) is 32.5 Å². The lowest BCUT2D eigenvalue weighted by atomic mass is 10.2. The van der Waals surface area contributed by atoms with Gasteiger partial charge in [0, 0.05) is 40.6 Å². The third kappa shape index (κ3) is 3.38. The van der Waals surface area contributed by atoms with Gasteiger partial charge in [-0.1, -0.05) is 12.1 Å². The predicted molar refractivity (Wildman–Crippen MR) is 95.6 cm³/mol. The molecule has 2 aromatic carbocycles. The highest BCUT2D eigenvalue weighted by molar-refractivity contribution is 7.84. The Balaban J connectivity index is 1.64. The molecule has 3 rings (SSSR count). The molecule has 1 aromatic heterocycles. The maximum atomic E-state index is 12.2. The molecule has 24 heavy (non-hydrogen) atoms. The Bertz CT molecular complexity index is 900. The number of benzene rings is 2. The van der Waals surface area contributed by atoms with Gasteiger partial charge in [0.2, 0.25) is 0 Å². The zero-order valence-corrected chi connectivity index (χ0v) is 14.5. The maximum absolute atomic E-state index is 12.2. The third-order valence-corrected chi connectivity index (χ3v) is 4.85. The summed E-state index contributed by atoms with van der Waals surface area (Å²) in [5, 5.41) is 2.91. The summed E-state index contributed by atoms with van der Waals surface area (Å²) in [6, 6.07) is 14.8. The van der Waals surface area contributed by atoms with Crippen LogP contribution < -0.4 is 5.32 Å². The average molecular weight is 341 g/mol. The fourth-order valence-electron chi connectivity index (χ4n) is 2.66. The van der Waals surface area contributed by atoms with Crippen LogP contribution in [0.5, 0.6) is 0 Å². The van der Waals surface area contributed by atoms with Crippen molar-refractivity contribution in [3.8, 4) is 0 Å². The summed E-state index contributed by atoms with van der Waals surface area (Å²) in [6.45, 7) is 3.14. The minimum atomic E-state index is -1.03. The van der Waals surface area contributed by atoms with Crippen molar-refractivity contribution in [1.82, 2.24) is 14.9 Å². The Morgan fingerprint density at radius 1 is 1.17 bits per heavy atom. The van der Waals surface area contributed by atoms with Crippen LogP contribution in [0.25, 0.3) is 11.0 Å². The Hall–Kier alpha value is -2.47. The molecule has 0 saturated carbocycles. The number of hydrogen-bond donors (Lipinski definition) is 1. The van der Waals surface area contributed by atoms with Crippen LogP contribution in [0.3, 0.4) is 0 Å². The molecule has 1 heterocycles. The van der Waals surface area contributed by atoms with E-state index in [-0.39, 0.29) is 5.91 Å². The smallest absolute Gasteiger partial charge is 0.251 e. The number of hydrogen-bond acceptors (Lipinski definition) is 3. The quantitative estimate of drug-likeness (QED) is 0.775. The van der Waals surface area contributed by atoms with Gasteiger partial charge in [-0.25, -0.2) is 4.98 Å². The van der Waals surface area contributed by atoms with Gasteiger partial charge in [-0.05, 0) is 43.3 Å². The summed E-state index contributed by atoms with van der Waals surface area (Å²) in [4.78, 5) is 17.4. The molecular formula is C18H19N3O2S. The van der Waals surface area contributed by atoms with Gasteiger partial charge >= 0.3 is 0 Å². The summed E-state index contributed by atoms with van der Waals surface area (Å²) in [7, 11) is -1.03. The van der Waals surface area contributed by atoms with Crippen molar-refractivity contribution in [2.45, 2.75) is 18.4 Å². The van der Waals surface area contributed by atoms with Gasteiger partial charge in [0.1, 0.15) is 5.82 Å². The van der Waals surface area contributed by atoms with Crippen molar-refractivity contribution in [2.75, 3.05) is 12.8 Å². The summed E-state index contributed by atoms with van der Waals surface area (Å²) < 4.78 is 13.5. The fraction of sp³-hybridized carbons (Fsp3) is 0.222. The van der Waals surface area contributed by atoms with Crippen molar-refractivity contribution in [2.24, 2.45) is 0 Å². The van der Waals surface area contributed by atoms with E-state index in [0.717, 1.165) is 16.9 Å². The lowest BCUT2D eigenvalue weighted by molar-refractivity contribution is 0.0952. The highest BCUT2D eigenvalue weighted by Gasteiger charge is 2.08. The molecule has 0 radical (unpaired) electrons. The number of rotatable bonds is 5. The Kier molecular flexibility index (Phi) is 4.76. The number of imidazole rings is 1. The lowest BCUT2D eigenvalue weighted by Crippen LogP contribution is -2.27. The van der Waals surface area contributed by atoms with Crippen molar-refractivity contribution >= 4 is 27.7 Å². The van der Waals surface area contributed by atoms with Crippen LogP contribution in [-0.2, 0) is 17.3 Å². The second-order valence-electron chi connectivity index (χ2n) is 5.53. The van der Waals surface area contributed by atoms with Crippen molar-refractivity contribution < 1.29 is 9.00 Å². The van der Waals surface area contributed by atoms with Crippen LogP contribution in [0.4, 0.5) is 0 Å². The molecule has 0 aliphatic rings. The van der Waals surface area contributed by atoms with E-state index in [2.05, 4.69) is 14.9 Å². The zero-order chi connectivity index (χ0) is 17.1. The van der Waals surface area contributed by atoms with E-state index in [9.17, 15) is 9.00 Å². The molecule has 1 N–H and O–H groups in total. The van der Waals surface area contributed by atoms with Gasteiger partial charge in [0.05, 0.1) is 11.0 Å². The molecule has 6 heteroatoms. The van der Waals surface area contributed by atoms with E-state index in [1.165, 1.54) is 0 Å². The monoisotopic (exact) mass is 341 g/mol. The molecule has 124 valence electrons. The van der Waals surface area contributed by atoms with E-state index in [1.54, 1.807) is 30.5 Å². The number of carbonyl (C=O) groups is 1. The Labute approximate surface area is 143 Å². The van der Waals surface area contributed by atoms with Crippen molar-refractivity contribution in [3.05, 3.63) is 59.9 Å². The van der Waals surface area contributed by atoms with Crippen LogP contribution in [0, 0.1) is 6.92 Å². The SMILES string of the molecule is Cc1nc2ccccc2n1CCNC(=O)c1ccc([S@](C)=O)cc1. The summed E-state index contributed by atoms with van der Waals surface area (Å²) in [5.41, 5.74) is 2.60. The molecule has 1 atom stereocenters. The number of carbonyl (C=O) groups excluding carboxylic acids is 1. The maximum Gasteiger partial charge on any atom is 0.251 e. The molecule has 3 aromatic rings. The van der Waals surface area contributed by atoms with Gasteiger partial charge < -0.3 is 9.88 Å². The topological polar surface area (TPSA) is 64.0 Å². The number of nitrogens with zero attached hydrogens (tertiary/aromatic N) is 2. The van der Waals surface area contributed by atoms with Crippen molar-refractivity contribution in [3.63, 3.8) is 0 Å². The normalized spacial score (nSPS) is 12.2. The zero-order valence-electron chi connectivity index (χ0n) is 13.7. The molecule has 0 aliphatic carbocycles. The number of aryl methyl sites for hydroxylation is 1. The predicted octanol–water partition coefficient (Wildman–Crippen LogP) is 2.51. The fourth-order valence-corrected chi connectivity index (χ4v) is 3.18. The van der Waals surface area contributed by atoms with Crippen LogP contribution in [0.1, 0.15) is 16.2 Å². The molecule has 0 fully saturated rings. The molecule has 0 unspecified atom stereocenters. The highest BCUT2D eigenvalue weighted by Crippen LogP contribution is 2.15. The number of aromatic nitrogens is 2. The molecular weight excluding hydrogens is 322 g/mol. The van der Waals surface area contributed by atoms with Gasteiger partial charge in [-0.15, -0.1) is 0 Å². The number of para-hydroxylation sites is 2. The number of nitrogens with one attached hydrogen (secondary N) is 1. The van der Waals surface area contributed by atoms with E-state index in [1.807, 2.05) is 31.2 Å². The second-order valence-corrected chi connectivity index (χ2v) is 6.91.